The molecule has 4 aromatic heterocycles. The van der Waals surface area contributed by atoms with Crippen molar-refractivity contribution in [2.45, 2.75) is 117 Å². The third-order valence-corrected chi connectivity index (χ3v) is 15.4. The van der Waals surface area contributed by atoms with Crippen molar-refractivity contribution in [1.29, 1.82) is 10.7 Å². The Labute approximate surface area is 663 Å². The van der Waals surface area contributed by atoms with Gasteiger partial charge in [-0.2, -0.15) is 5.26 Å². The summed E-state index contributed by atoms with van der Waals surface area (Å²) in [7, 11) is 4.11. The Balaban J connectivity index is 0.000000709. The smallest absolute Gasteiger partial charge is 0.407 e. The van der Waals surface area contributed by atoms with Crippen molar-refractivity contribution in [2.24, 2.45) is 22.2 Å². The normalized spacial score (nSPS) is 10.2. The number of nitrogens with two attached hydrogens (primary N) is 7. The number of nitrogen functional groups attached to an aromatic ring is 4. The number of rotatable bonds is 35. The number of hydrogen-bond acceptors (Lipinski definition) is 26. The molecular weight excluding hydrogens is 1560 g/mol. The molecule has 8 aromatic rings. The number of halogens is 3. The third-order valence-electron chi connectivity index (χ3n) is 14.3. The van der Waals surface area contributed by atoms with E-state index >= 15 is 0 Å². The van der Waals surface area contributed by atoms with E-state index in [1.54, 1.807) is 32.9 Å². The van der Waals surface area contributed by atoms with Crippen molar-refractivity contribution in [3.63, 3.8) is 0 Å². The Morgan fingerprint density at radius 1 is 0.611 bits per heavy atom. The molecule has 108 heavy (non-hydrogen) atoms. The van der Waals surface area contributed by atoms with Crippen LogP contribution in [0, 0.1) is 16.7 Å². The van der Waals surface area contributed by atoms with E-state index in [9.17, 15) is 14.4 Å². The average molecular weight is 1670 g/mol. The number of imidazole rings is 2. The van der Waals surface area contributed by atoms with Crippen molar-refractivity contribution in [2.75, 3.05) is 96.5 Å². The molecule has 4 heterocycles. The number of aromatic nitrogens is 8. The Kier molecular flexibility index (Phi) is 53.0. The van der Waals surface area contributed by atoms with Crippen LogP contribution >= 0.6 is 58.9 Å². The summed E-state index contributed by atoms with van der Waals surface area (Å²) in [5, 5.41) is 30.0. The van der Waals surface area contributed by atoms with E-state index in [-0.39, 0.29) is 106 Å². The van der Waals surface area contributed by atoms with Crippen molar-refractivity contribution in [3.8, 4) is 23.3 Å². The molecule has 35 heteroatoms. The van der Waals surface area contributed by atoms with E-state index in [4.69, 9.17) is 108 Å². The zero-order valence-electron chi connectivity index (χ0n) is 60.8. The van der Waals surface area contributed by atoms with Gasteiger partial charge in [0, 0.05) is 85.0 Å². The minimum Gasteiger partial charge on any atom is -0.494 e. The quantitative estimate of drug-likeness (QED) is 0.00577. The number of amides is 3. The monoisotopic (exact) mass is 1670 g/mol. The maximum Gasteiger partial charge on any atom is 0.407 e. The molecule has 4 aromatic carbocycles. The van der Waals surface area contributed by atoms with Gasteiger partial charge in [0.2, 0.25) is 0 Å². The van der Waals surface area contributed by atoms with Gasteiger partial charge in [0.25, 0.3) is 11.8 Å². The third kappa shape index (κ3) is 42.0. The van der Waals surface area contributed by atoms with Crippen LogP contribution in [0.4, 0.5) is 28.1 Å². The molecule has 0 spiro atoms. The average Bonchev–Trinajstić information content (AvgIpc) is 0.969. The fraction of sp³-hybridized carbons (Fsp3) is 0.397. The number of ether oxygens (including phenoxy) is 6. The Morgan fingerprint density at radius 2 is 1.06 bits per heavy atom. The predicted molar refractivity (Wildman–Crippen MR) is 439 cm³/mol. The number of aliphatic hydroxyl groups excluding tert-OH is 1. The number of H-pyrrole nitrogens is 2. The maximum absolute atomic E-state index is 12.2. The van der Waals surface area contributed by atoms with Crippen LogP contribution in [0.1, 0.15) is 127 Å². The number of amidine groups is 1. The number of guanidine groups is 1. The maximum atomic E-state index is 12.2. The molecule has 0 bridgehead atoms. The zero-order chi connectivity index (χ0) is 77.5. The van der Waals surface area contributed by atoms with Crippen molar-refractivity contribution < 1.29 is 47.9 Å². The Morgan fingerprint density at radius 3 is 1.46 bits per heavy atom. The number of methoxy groups -OCH3 is 2. The highest BCUT2D eigenvalue weighted by Gasteiger charge is 2.18. The number of anilines is 4. The Bertz CT molecular complexity index is 3790. The predicted octanol–water partition coefficient (Wildman–Crippen LogP) is 10.2. The van der Waals surface area contributed by atoms with Crippen LogP contribution in [0.3, 0.4) is 0 Å². The van der Waals surface area contributed by atoms with E-state index in [0.717, 1.165) is 150 Å². The second kappa shape index (κ2) is 59.4. The number of hydrogen-bond donors (Lipinski definition) is 14. The van der Waals surface area contributed by atoms with Crippen LogP contribution in [0.2, 0.25) is 10.3 Å². The number of aryl methyl sites for hydroxylation is 5. The minimum atomic E-state index is -0.656. The summed E-state index contributed by atoms with van der Waals surface area (Å²) in [5.74, 6) is 2.90. The van der Waals surface area contributed by atoms with Gasteiger partial charge >= 0.3 is 6.09 Å². The number of nitriles is 1. The van der Waals surface area contributed by atoms with E-state index in [0.29, 0.717) is 45.9 Å². The number of carbonyl (C=O) groups is 3. The highest BCUT2D eigenvalue weighted by Crippen LogP contribution is 2.21. The molecular formula is C73H106Cl2IN21O10S. The van der Waals surface area contributed by atoms with Gasteiger partial charge in [-0.25, -0.2) is 34.7 Å². The molecule has 3 amide bonds. The summed E-state index contributed by atoms with van der Waals surface area (Å²) in [6, 6.07) is 36.2. The minimum absolute atomic E-state index is 0. The molecule has 0 aliphatic heterocycles. The van der Waals surface area contributed by atoms with Crippen LogP contribution in [-0.4, -0.2) is 154 Å². The van der Waals surface area contributed by atoms with Gasteiger partial charge in [0.15, 0.2) is 62.4 Å². The highest BCUT2D eigenvalue weighted by atomic mass is 127. The van der Waals surface area contributed by atoms with Crippen LogP contribution in [0.25, 0.3) is 0 Å². The molecule has 0 saturated heterocycles. The van der Waals surface area contributed by atoms with Gasteiger partial charge < -0.3 is 94.3 Å². The van der Waals surface area contributed by atoms with Crippen LogP contribution in [0.15, 0.2) is 133 Å². The van der Waals surface area contributed by atoms with Crippen molar-refractivity contribution in [1.82, 2.24) is 55.8 Å². The van der Waals surface area contributed by atoms with E-state index < -0.39 is 11.8 Å². The summed E-state index contributed by atoms with van der Waals surface area (Å²) >= 11 is 12.5. The summed E-state index contributed by atoms with van der Waals surface area (Å²) in [6.45, 7) is 4.47. The number of alkyl carbamates (subject to hydrolysis) is 1. The van der Waals surface area contributed by atoms with Gasteiger partial charge in [0.05, 0.1) is 25.9 Å². The first-order chi connectivity index (χ1) is 51.4. The molecule has 0 radical (unpaired) electrons. The number of thioether (sulfide) groups is 1. The highest BCUT2D eigenvalue weighted by molar-refractivity contribution is 14.0. The number of aliphatic imine (C=N–C) groups is 1. The number of aromatic amines is 2. The first kappa shape index (κ1) is 96.4. The number of benzene rings is 4. The lowest BCUT2D eigenvalue weighted by Gasteiger charge is -2.08. The van der Waals surface area contributed by atoms with Crippen LogP contribution < -0.4 is 70.3 Å². The second-order valence-corrected chi connectivity index (χ2v) is 23.8. The summed E-state index contributed by atoms with van der Waals surface area (Å²) in [4.78, 5) is 69.0. The SMILES string of the molecule is C.CO.COC(CN)OC.CSC(=N)NC(=O)c1nc(Cl)c(N)nc1N.I.N#CCCCOc1ccc(CCCCNC(=O)OCc2ccccc2)cc1.NC(=NCCCCc1ccc(OCCCc2ncc[nH]2)cc1)NC(=O)c1nc(Cl)c(N)nc1N.NCCCCc1ccc(OCCCc2ncc[nH]2)cc1. The molecule has 21 N–H and O–H groups in total. The van der Waals surface area contributed by atoms with Gasteiger partial charge in [-0.15, -0.1) is 24.0 Å². The van der Waals surface area contributed by atoms with Gasteiger partial charge in [-0.3, -0.25) is 25.3 Å². The topological polar surface area (TPSA) is 514 Å². The Hall–Kier alpha value is -9.64. The molecule has 0 aliphatic rings. The molecule has 0 aliphatic carbocycles. The first-order valence-electron chi connectivity index (χ1n) is 33.9. The molecule has 0 atom stereocenters. The number of carbonyl (C=O) groups excluding carboxylic acids is 3. The zero-order valence-corrected chi connectivity index (χ0v) is 65.4. The van der Waals surface area contributed by atoms with Gasteiger partial charge in [-0.1, -0.05) is 109 Å². The van der Waals surface area contributed by atoms with Crippen LogP contribution in [0.5, 0.6) is 17.2 Å². The molecule has 590 valence electrons. The fourth-order valence-electron chi connectivity index (χ4n) is 8.79. The van der Waals surface area contributed by atoms with Gasteiger partial charge in [-0.05, 0) is 149 Å². The summed E-state index contributed by atoms with van der Waals surface area (Å²) in [6.07, 6.45) is 21.9. The van der Waals surface area contributed by atoms with E-state index in [1.165, 1.54) is 16.7 Å². The van der Waals surface area contributed by atoms with Crippen molar-refractivity contribution in [3.05, 3.63) is 184 Å². The molecule has 31 nitrogen and oxygen atoms in total. The lowest BCUT2D eigenvalue weighted by molar-refractivity contribution is -0.0940. The first-order valence-corrected chi connectivity index (χ1v) is 35.9. The van der Waals surface area contributed by atoms with E-state index in [1.807, 2.05) is 79.1 Å². The molecule has 8 rings (SSSR count). The lowest BCUT2D eigenvalue weighted by atomic mass is 10.1. The standard InChI is InChI=1S/C22H28ClN9O2.C22H26N2O3.C16H23N3O.C7H9ClN6OS.C4H11NO2.CH4O.CH4.HI/c23-18-20(25)31-19(24)17(30-18)21(33)32-22(26)29-10-2-1-4-14-6-8-15(9-7-14)34-13-3-5-16-27-11-12-28-16;23-15-5-7-17-26-21-13-11-19(12-14-21)8-4-6-16-24-22(25)27-18-20-9-2-1-3-10-20;17-10-2-1-4-14-6-8-15(9-7-14)20-13-3-5-16-18-11-12-19-16;1-16-7(11)14-6(15)2-4(9)13-5(10)3(8)12-2;1-6-4(3-5)7-2;1-2;;/h6-9,11-12H,1-5,10,13H2,(H,27,28)(H4,24,25,31)(H3,26,29,32,33);1-3,9-14H,4-8,16-18H2,(H,24,25);6-9,11-12H,1-5,10,13,17H2,(H,18,19);1H3,(H4,9,10,13)(H2,11,14,15);4H,3,5H2,1-2H3;2H,1H3;1H4;1H. The van der Waals surface area contributed by atoms with Crippen molar-refractivity contribution >= 4 is 111 Å². The lowest BCUT2D eigenvalue weighted by Crippen LogP contribution is -2.38. The van der Waals surface area contributed by atoms with Gasteiger partial charge in [0.1, 0.15) is 35.5 Å². The van der Waals surface area contributed by atoms with Crippen LogP contribution in [-0.2, 0) is 52.9 Å². The molecule has 0 fully saturated rings. The largest absolute Gasteiger partial charge is 0.494 e. The molecule has 0 saturated carbocycles. The van der Waals surface area contributed by atoms with E-state index in [2.05, 4.69) is 103 Å². The fourth-order valence-corrected chi connectivity index (χ4v) is 9.24. The summed E-state index contributed by atoms with van der Waals surface area (Å²) in [5.41, 5.74) is 42.8. The number of unbranched alkanes of at least 4 members (excludes halogenated alkanes) is 4. The summed E-state index contributed by atoms with van der Waals surface area (Å²) < 4.78 is 31.6. The number of nitrogens with one attached hydrogen (secondary N) is 6. The molecule has 0 unspecified atom stereocenters. The second-order valence-electron chi connectivity index (χ2n) is 22.3. The number of nitrogens with zero attached hydrogens (tertiary/aromatic N) is 8. The number of aliphatic hydroxyl groups is 1.